The number of nitrogens with one attached hydrogen (secondary N) is 2. The molecule has 1 amide bonds. The number of aliphatic imine (C=N–C) groups is 1. The SMILES string of the molecule is CC(NC(=NCc1cccc(N(C)C)n1)NCC(=O)N(C)C)c1ccccc1. The van der Waals surface area contributed by atoms with Crippen LogP contribution in [0.2, 0.25) is 0 Å². The summed E-state index contributed by atoms with van der Waals surface area (Å²) in [5.41, 5.74) is 2.00. The molecule has 0 radical (unpaired) electrons. The van der Waals surface area contributed by atoms with E-state index in [1.807, 2.05) is 55.4 Å². The highest BCUT2D eigenvalue weighted by Crippen LogP contribution is 2.11. The normalized spacial score (nSPS) is 12.2. The number of likely N-dealkylation sites (N-methyl/N-ethyl adjacent to an activating group) is 1. The maximum absolute atomic E-state index is 12.0. The van der Waals surface area contributed by atoms with Crippen LogP contribution < -0.4 is 15.5 Å². The molecule has 1 unspecified atom stereocenters. The fraction of sp³-hybridized carbons (Fsp3) is 0.381. The van der Waals surface area contributed by atoms with E-state index in [0.29, 0.717) is 12.5 Å². The van der Waals surface area contributed by atoms with Crippen LogP contribution >= 0.6 is 0 Å². The van der Waals surface area contributed by atoms with Crippen LogP contribution in [0.15, 0.2) is 53.5 Å². The van der Waals surface area contributed by atoms with Gasteiger partial charge in [-0.15, -0.1) is 0 Å². The number of hydrogen-bond acceptors (Lipinski definition) is 4. The number of carbonyl (C=O) groups excluding carboxylic acids is 1. The van der Waals surface area contributed by atoms with E-state index in [2.05, 4.69) is 39.7 Å². The Hall–Kier alpha value is -3.09. The minimum absolute atomic E-state index is 0.0189. The smallest absolute Gasteiger partial charge is 0.241 e. The largest absolute Gasteiger partial charge is 0.363 e. The van der Waals surface area contributed by atoms with E-state index in [0.717, 1.165) is 17.1 Å². The van der Waals surface area contributed by atoms with Crippen molar-refractivity contribution in [1.82, 2.24) is 20.5 Å². The number of carbonyl (C=O) groups is 1. The summed E-state index contributed by atoms with van der Waals surface area (Å²) >= 11 is 0. The quantitative estimate of drug-likeness (QED) is 0.566. The van der Waals surface area contributed by atoms with Gasteiger partial charge in [-0.05, 0) is 24.6 Å². The summed E-state index contributed by atoms with van der Waals surface area (Å²) in [6.45, 7) is 2.64. The first-order chi connectivity index (χ1) is 13.4. The van der Waals surface area contributed by atoms with Gasteiger partial charge in [0, 0.05) is 28.2 Å². The van der Waals surface area contributed by atoms with E-state index in [1.165, 1.54) is 0 Å². The van der Waals surface area contributed by atoms with Gasteiger partial charge in [0.25, 0.3) is 0 Å². The lowest BCUT2D eigenvalue weighted by atomic mass is 10.1. The number of pyridine rings is 1. The molecule has 0 saturated carbocycles. The van der Waals surface area contributed by atoms with Crippen molar-refractivity contribution in [3.8, 4) is 0 Å². The molecule has 150 valence electrons. The summed E-state index contributed by atoms with van der Waals surface area (Å²) in [6, 6.07) is 16.0. The molecular formula is C21H30N6O. The molecule has 1 aromatic carbocycles. The van der Waals surface area contributed by atoms with Crippen molar-refractivity contribution in [2.24, 2.45) is 4.99 Å². The molecule has 0 saturated heterocycles. The average Bonchev–Trinajstić information content (AvgIpc) is 2.70. The third-order valence-corrected chi connectivity index (χ3v) is 4.21. The second kappa shape index (κ2) is 10.3. The maximum Gasteiger partial charge on any atom is 0.241 e. The van der Waals surface area contributed by atoms with Crippen molar-refractivity contribution in [1.29, 1.82) is 0 Å². The Bertz CT molecular complexity index is 788. The van der Waals surface area contributed by atoms with Crippen LogP contribution in [-0.4, -0.2) is 56.5 Å². The van der Waals surface area contributed by atoms with Crippen LogP contribution in [-0.2, 0) is 11.3 Å². The minimum Gasteiger partial charge on any atom is -0.363 e. The number of hydrogen-bond donors (Lipinski definition) is 2. The van der Waals surface area contributed by atoms with Crippen LogP contribution in [0.1, 0.15) is 24.2 Å². The first-order valence-corrected chi connectivity index (χ1v) is 9.30. The molecule has 7 heteroatoms. The molecule has 1 atom stereocenters. The van der Waals surface area contributed by atoms with E-state index in [9.17, 15) is 4.79 Å². The zero-order chi connectivity index (χ0) is 20.5. The molecule has 2 N–H and O–H groups in total. The van der Waals surface area contributed by atoms with Crippen LogP contribution in [0.25, 0.3) is 0 Å². The Morgan fingerprint density at radius 2 is 1.79 bits per heavy atom. The molecule has 2 aromatic rings. The van der Waals surface area contributed by atoms with E-state index >= 15 is 0 Å². The third kappa shape index (κ3) is 6.57. The standard InChI is InChI=1S/C21H30N6O/c1-16(17-10-7-6-8-11-17)24-21(23-15-20(28)27(4)5)22-14-18-12-9-13-19(25-18)26(2)3/h6-13,16H,14-15H2,1-5H3,(H2,22,23,24). The van der Waals surface area contributed by atoms with Gasteiger partial charge >= 0.3 is 0 Å². The predicted octanol–water partition coefficient (Wildman–Crippen LogP) is 2.03. The predicted molar refractivity (Wildman–Crippen MR) is 114 cm³/mol. The summed E-state index contributed by atoms with van der Waals surface area (Å²) in [5, 5.41) is 6.48. The minimum atomic E-state index is -0.0189. The first-order valence-electron chi connectivity index (χ1n) is 9.30. The summed E-state index contributed by atoms with van der Waals surface area (Å²) in [5.74, 6) is 1.44. The van der Waals surface area contributed by atoms with Gasteiger partial charge in [0.15, 0.2) is 5.96 Å². The van der Waals surface area contributed by atoms with Gasteiger partial charge in [-0.25, -0.2) is 9.98 Å². The van der Waals surface area contributed by atoms with Crippen LogP contribution in [0.3, 0.4) is 0 Å². The van der Waals surface area contributed by atoms with Crippen molar-refractivity contribution < 1.29 is 4.79 Å². The van der Waals surface area contributed by atoms with Gasteiger partial charge in [0.1, 0.15) is 5.82 Å². The van der Waals surface area contributed by atoms with Crippen molar-refractivity contribution in [3.05, 3.63) is 59.8 Å². The maximum atomic E-state index is 12.0. The monoisotopic (exact) mass is 382 g/mol. The lowest BCUT2D eigenvalue weighted by molar-refractivity contribution is -0.127. The molecule has 0 spiro atoms. The zero-order valence-electron chi connectivity index (χ0n) is 17.3. The van der Waals surface area contributed by atoms with Gasteiger partial charge in [-0.2, -0.15) is 0 Å². The molecule has 7 nitrogen and oxygen atoms in total. The number of amides is 1. The fourth-order valence-corrected chi connectivity index (χ4v) is 2.46. The lowest BCUT2D eigenvalue weighted by Crippen LogP contribution is -2.43. The van der Waals surface area contributed by atoms with E-state index in [1.54, 1.807) is 19.0 Å². The van der Waals surface area contributed by atoms with E-state index in [4.69, 9.17) is 0 Å². The van der Waals surface area contributed by atoms with Crippen LogP contribution in [0.5, 0.6) is 0 Å². The first kappa shape index (κ1) is 21.2. The molecule has 28 heavy (non-hydrogen) atoms. The van der Waals surface area contributed by atoms with Gasteiger partial charge in [-0.1, -0.05) is 36.4 Å². The lowest BCUT2D eigenvalue weighted by Gasteiger charge is -2.19. The van der Waals surface area contributed by atoms with Crippen molar-refractivity contribution in [2.45, 2.75) is 19.5 Å². The number of anilines is 1. The Kier molecular flexibility index (Phi) is 7.80. The van der Waals surface area contributed by atoms with Crippen molar-refractivity contribution in [3.63, 3.8) is 0 Å². The number of benzene rings is 1. The molecule has 1 heterocycles. The molecule has 1 aromatic heterocycles. The third-order valence-electron chi connectivity index (χ3n) is 4.21. The van der Waals surface area contributed by atoms with Crippen LogP contribution in [0.4, 0.5) is 5.82 Å². The highest BCUT2D eigenvalue weighted by molar-refractivity contribution is 5.86. The van der Waals surface area contributed by atoms with Crippen molar-refractivity contribution in [2.75, 3.05) is 39.6 Å². The van der Waals surface area contributed by atoms with Crippen LogP contribution in [0, 0.1) is 0 Å². The molecule has 0 fully saturated rings. The fourth-order valence-electron chi connectivity index (χ4n) is 2.46. The van der Waals surface area contributed by atoms with Gasteiger partial charge in [0.05, 0.1) is 24.8 Å². The van der Waals surface area contributed by atoms with Gasteiger partial charge < -0.3 is 20.4 Å². The molecule has 0 aliphatic heterocycles. The molecular weight excluding hydrogens is 352 g/mol. The topological polar surface area (TPSA) is 72.9 Å². The number of guanidine groups is 1. The summed E-state index contributed by atoms with van der Waals surface area (Å²) in [7, 11) is 7.38. The summed E-state index contributed by atoms with van der Waals surface area (Å²) in [6.07, 6.45) is 0. The zero-order valence-corrected chi connectivity index (χ0v) is 17.3. The Morgan fingerprint density at radius 3 is 2.43 bits per heavy atom. The van der Waals surface area contributed by atoms with E-state index < -0.39 is 0 Å². The Morgan fingerprint density at radius 1 is 1.07 bits per heavy atom. The number of nitrogens with zero attached hydrogens (tertiary/aromatic N) is 4. The molecule has 0 bridgehead atoms. The van der Waals surface area contributed by atoms with Gasteiger partial charge in [-0.3, -0.25) is 4.79 Å². The Labute approximate surface area is 167 Å². The Balaban J connectivity index is 2.13. The molecule has 2 rings (SSSR count). The van der Waals surface area contributed by atoms with Crippen molar-refractivity contribution >= 4 is 17.7 Å². The highest BCUT2D eigenvalue weighted by atomic mass is 16.2. The second-order valence-electron chi connectivity index (χ2n) is 6.96. The van der Waals surface area contributed by atoms with Gasteiger partial charge in [0.2, 0.25) is 5.91 Å². The second-order valence-corrected chi connectivity index (χ2v) is 6.96. The average molecular weight is 383 g/mol. The van der Waals surface area contributed by atoms with E-state index in [-0.39, 0.29) is 18.5 Å². The number of aromatic nitrogens is 1. The summed E-state index contributed by atoms with van der Waals surface area (Å²) < 4.78 is 0. The number of rotatable bonds is 7. The summed E-state index contributed by atoms with van der Waals surface area (Å²) in [4.78, 5) is 24.7. The highest BCUT2D eigenvalue weighted by Gasteiger charge is 2.10. The molecule has 0 aliphatic carbocycles. The molecule has 0 aliphatic rings.